The maximum Gasteiger partial charge on any atom is 0.241 e. The van der Waals surface area contributed by atoms with Crippen LogP contribution in [0.4, 0.5) is 5.69 Å². The highest BCUT2D eigenvalue weighted by atomic mass is 32.2. The molecule has 1 aliphatic heterocycles. The average molecular weight is 382 g/mol. The molecule has 2 N–H and O–H groups in total. The first kappa shape index (κ1) is 20.9. The van der Waals surface area contributed by atoms with Gasteiger partial charge in [0.1, 0.15) is 0 Å². The molecule has 0 radical (unpaired) electrons. The van der Waals surface area contributed by atoms with E-state index >= 15 is 0 Å². The first-order chi connectivity index (χ1) is 12.1. The number of nitrogens with one attached hydrogen (secondary N) is 2. The van der Waals surface area contributed by atoms with Gasteiger partial charge < -0.3 is 5.32 Å². The standard InChI is InChI=1S/C19H31N3O3S/c1-13(2)21-26(24,25)18-8-6-17(7-9-18)20-19(23)16(5)22-11-14(3)10-15(4)12-22/h6-9,13-16,21H,10-12H2,1-5H3,(H,20,23)/t14-,15-,16-/m0/s1. The molecule has 0 unspecified atom stereocenters. The van der Waals surface area contributed by atoms with Crippen LogP contribution >= 0.6 is 0 Å². The molecule has 0 aliphatic carbocycles. The molecule has 1 heterocycles. The molecular formula is C19H31N3O3S. The predicted molar refractivity (Wildman–Crippen MR) is 105 cm³/mol. The van der Waals surface area contributed by atoms with Gasteiger partial charge in [-0.2, -0.15) is 0 Å². The molecule has 146 valence electrons. The van der Waals surface area contributed by atoms with Gasteiger partial charge in [0.15, 0.2) is 0 Å². The van der Waals surface area contributed by atoms with Crippen molar-refractivity contribution < 1.29 is 13.2 Å². The number of rotatable bonds is 6. The van der Waals surface area contributed by atoms with Crippen LogP contribution in [0.1, 0.15) is 41.0 Å². The number of piperidine rings is 1. The zero-order chi connectivity index (χ0) is 19.5. The van der Waals surface area contributed by atoms with Crippen LogP contribution < -0.4 is 10.0 Å². The summed E-state index contributed by atoms with van der Waals surface area (Å²) in [6, 6.07) is 5.88. The Kier molecular flexibility index (Phi) is 6.82. The predicted octanol–water partition coefficient (Wildman–Crippen LogP) is 2.68. The van der Waals surface area contributed by atoms with Crippen LogP contribution in [-0.2, 0) is 14.8 Å². The fourth-order valence-corrected chi connectivity index (χ4v) is 4.79. The Balaban J connectivity index is 2.01. The molecule has 7 heteroatoms. The molecule has 0 saturated carbocycles. The number of sulfonamides is 1. The highest BCUT2D eigenvalue weighted by molar-refractivity contribution is 7.89. The lowest BCUT2D eigenvalue weighted by molar-refractivity contribution is -0.121. The minimum Gasteiger partial charge on any atom is -0.325 e. The SMILES string of the molecule is CC(C)NS(=O)(=O)c1ccc(NC(=O)[C@H](C)N2C[C@@H](C)C[C@H](C)C2)cc1. The summed E-state index contributed by atoms with van der Waals surface area (Å²) in [5.74, 6) is 1.11. The van der Waals surface area contributed by atoms with Crippen molar-refractivity contribution in [2.45, 2.75) is 58.0 Å². The Hall–Kier alpha value is -1.44. The summed E-state index contributed by atoms with van der Waals surface area (Å²) in [7, 11) is -3.52. The zero-order valence-corrected chi connectivity index (χ0v) is 17.1. The minimum absolute atomic E-state index is 0.0674. The van der Waals surface area contributed by atoms with Crippen molar-refractivity contribution in [3.05, 3.63) is 24.3 Å². The van der Waals surface area contributed by atoms with Crippen LogP contribution in [0.15, 0.2) is 29.2 Å². The fourth-order valence-electron chi connectivity index (χ4n) is 3.54. The number of benzene rings is 1. The maximum atomic E-state index is 12.6. The second-order valence-electron chi connectivity index (χ2n) is 7.87. The molecule has 0 bridgehead atoms. The van der Waals surface area contributed by atoms with Gasteiger partial charge in [-0.1, -0.05) is 13.8 Å². The summed E-state index contributed by atoms with van der Waals surface area (Å²) in [4.78, 5) is 15.0. The van der Waals surface area contributed by atoms with Crippen LogP contribution in [-0.4, -0.2) is 44.4 Å². The quantitative estimate of drug-likeness (QED) is 0.794. The second-order valence-corrected chi connectivity index (χ2v) is 9.58. The molecule has 3 atom stereocenters. The lowest BCUT2D eigenvalue weighted by Gasteiger charge is -2.38. The number of nitrogens with zero attached hydrogens (tertiary/aromatic N) is 1. The van der Waals surface area contributed by atoms with Gasteiger partial charge in [-0.05, 0) is 63.3 Å². The van der Waals surface area contributed by atoms with E-state index in [-0.39, 0.29) is 22.9 Å². The van der Waals surface area contributed by atoms with Gasteiger partial charge in [0.05, 0.1) is 10.9 Å². The topological polar surface area (TPSA) is 78.5 Å². The molecule has 1 aromatic carbocycles. The number of amides is 1. The Morgan fingerprint density at radius 3 is 2.12 bits per heavy atom. The van der Waals surface area contributed by atoms with E-state index in [1.807, 2.05) is 6.92 Å². The number of hydrogen-bond acceptors (Lipinski definition) is 4. The van der Waals surface area contributed by atoms with E-state index in [0.29, 0.717) is 17.5 Å². The van der Waals surface area contributed by atoms with Gasteiger partial charge in [-0.15, -0.1) is 0 Å². The fraction of sp³-hybridized carbons (Fsp3) is 0.632. The van der Waals surface area contributed by atoms with Crippen molar-refractivity contribution in [3.63, 3.8) is 0 Å². The highest BCUT2D eigenvalue weighted by Crippen LogP contribution is 2.23. The highest BCUT2D eigenvalue weighted by Gasteiger charge is 2.28. The normalized spacial score (nSPS) is 23.0. The third-order valence-corrected chi connectivity index (χ3v) is 6.32. The Labute approximate surface area is 157 Å². The summed E-state index contributed by atoms with van der Waals surface area (Å²) >= 11 is 0. The largest absolute Gasteiger partial charge is 0.325 e. The first-order valence-corrected chi connectivity index (χ1v) is 10.7. The number of anilines is 1. The van der Waals surface area contributed by atoms with E-state index in [1.165, 1.54) is 18.6 Å². The van der Waals surface area contributed by atoms with Gasteiger partial charge in [0.2, 0.25) is 15.9 Å². The summed E-state index contributed by atoms with van der Waals surface area (Å²) in [6.45, 7) is 11.8. The molecule has 6 nitrogen and oxygen atoms in total. The van der Waals surface area contributed by atoms with Crippen molar-refractivity contribution in [2.75, 3.05) is 18.4 Å². The van der Waals surface area contributed by atoms with Crippen molar-refractivity contribution in [1.82, 2.24) is 9.62 Å². The minimum atomic E-state index is -3.52. The van der Waals surface area contributed by atoms with Crippen molar-refractivity contribution >= 4 is 21.6 Å². The Bertz CT molecular complexity index is 706. The maximum absolute atomic E-state index is 12.6. The van der Waals surface area contributed by atoms with Gasteiger partial charge in [-0.3, -0.25) is 9.69 Å². The number of hydrogen-bond donors (Lipinski definition) is 2. The van der Waals surface area contributed by atoms with E-state index in [0.717, 1.165) is 13.1 Å². The molecular weight excluding hydrogens is 350 g/mol. The molecule has 1 aromatic rings. The Morgan fingerprint density at radius 2 is 1.62 bits per heavy atom. The lowest BCUT2D eigenvalue weighted by Crippen LogP contribution is -2.48. The van der Waals surface area contributed by atoms with Gasteiger partial charge in [-0.25, -0.2) is 13.1 Å². The van der Waals surface area contributed by atoms with Crippen molar-refractivity contribution in [3.8, 4) is 0 Å². The smallest absolute Gasteiger partial charge is 0.241 e. The lowest BCUT2D eigenvalue weighted by atomic mass is 9.91. The third kappa shape index (κ3) is 5.53. The molecule has 1 aliphatic rings. The van der Waals surface area contributed by atoms with Crippen molar-refractivity contribution in [2.24, 2.45) is 11.8 Å². The molecule has 0 aromatic heterocycles. The molecule has 0 spiro atoms. The van der Waals surface area contributed by atoms with Gasteiger partial charge in [0, 0.05) is 24.8 Å². The van der Waals surface area contributed by atoms with E-state index in [9.17, 15) is 13.2 Å². The molecule has 1 amide bonds. The average Bonchev–Trinajstić information content (AvgIpc) is 2.52. The molecule has 2 rings (SSSR count). The molecule has 26 heavy (non-hydrogen) atoms. The van der Waals surface area contributed by atoms with Crippen LogP contribution in [0.5, 0.6) is 0 Å². The first-order valence-electron chi connectivity index (χ1n) is 9.25. The number of carbonyl (C=O) groups excluding carboxylic acids is 1. The van der Waals surface area contributed by atoms with Crippen LogP contribution in [0.2, 0.25) is 0 Å². The summed E-state index contributed by atoms with van der Waals surface area (Å²) in [6.07, 6.45) is 1.20. The number of carbonyl (C=O) groups is 1. The van der Waals surface area contributed by atoms with Gasteiger partial charge >= 0.3 is 0 Å². The van der Waals surface area contributed by atoms with Crippen LogP contribution in [0.3, 0.4) is 0 Å². The van der Waals surface area contributed by atoms with E-state index < -0.39 is 10.0 Å². The summed E-state index contributed by atoms with van der Waals surface area (Å²) < 4.78 is 26.8. The van der Waals surface area contributed by atoms with Crippen LogP contribution in [0, 0.1) is 11.8 Å². The summed E-state index contributed by atoms with van der Waals surface area (Å²) in [5, 5.41) is 2.89. The van der Waals surface area contributed by atoms with E-state index in [1.54, 1.807) is 26.0 Å². The van der Waals surface area contributed by atoms with Crippen LogP contribution in [0.25, 0.3) is 0 Å². The molecule has 1 saturated heterocycles. The summed E-state index contributed by atoms with van der Waals surface area (Å²) in [5.41, 5.74) is 0.600. The zero-order valence-electron chi connectivity index (χ0n) is 16.3. The van der Waals surface area contributed by atoms with Gasteiger partial charge in [0.25, 0.3) is 0 Å². The van der Waals surface area contributed by atoms with E-state index in [2.05, 4.69) is 28.8 Å². The monoisotopic (exact) mass is 381 g/mol. The van der Waals surface area contributed by atoms with E-state index in [4.69, 9.17) is 0 Å². The Morgan fingerprint density at radius 1 is 1.08 bits per heavy atom. The molecule has 1 fully saturated rings. The van der Waals surface area contributed by atoms with Crippen molar-refractivity contribution in [1.29, 1.82) is 0 Å². The third-order valence-electron chi connectivity index (χ3n) is 4.65. The second kappa shape index (κ2) is 8.50. The number of likely N-dealkylation sites (tertiary alicyclic amines) is 1.